The van der Waals surface area contributed by atoms with E-state index >= 15 is 0 Å². The number of benzene rings is 2. The van der Waals surface area contributed by atoms with Crippen molar-refractivity contribution < 1.29 is 27.1 Å². The van der Waals surface area contributed by atoms with Gasteiger partial charge in [-0.3, -0.25) is 4.79 Å². The number of rotatable bonds is 10. The monoisotopic (exact) mass is 454 g/mol. The Morgan fingerprint density at radius 1 is 1.13 bits per heavy atom. The van der Waals surface area contributed by atoms with Gasteiger partial charge >= 0.3 is 5.97 Å². The molecular formula is C20H23FN2O5S2. The van der Waals surface area contributed by atoms with Gasteiger partial charge in [0.25, 0.3) is 0 Å². The predicted molar refractivity (Wildman–Crippen MR) is 113 cm³/mol. The van der Waals surface area contributed by atoms with Gasteiger partial charge in [0, 0.05) is 6.54 Å². The van der Waals surface area contributed by atoms with Crippen molar-refractivity contribution >= 4 is 33.7 Å². The normalized spacial score (nSPS) is 12.2. The Hall–Kier alpha value is -2.43. The van der Waals surface area contributed by atoms with Crippen LogP contribution in [0.1, 0.15) is 22.3 Å². The van der Waals surface area contributed by atoms with Crippen LogP contribution < -0.4 is 10.0 Å². The van der Waals surface area contributed by atoms with E-state index in [1.807, 2.05) is 6.26 Å². The molecule has 0 fully saturated rings. The van der Waals surface area contributed by atoms with E-state index in [1.165, 1.54) is 31.0 Å². The van der Waals surface area contributed by atoms with Gasteiger partial charge in [0.1, 0.15) is 16.8 Å². The van der Waals surface area contributed by atoms with Crippen molar-refractivity contribution in [3.8, 4) is 0 Å². The van der Waals surface area contributed by atoms with Gasteiger partial charge in [-0.05, 0) is 48.3 Å². The van der Waals surface area contributed by atoms with Crippen molar-refractivity contribution in [1.82, 2.24) is 10.0 Å². The smallest absolute Gasteiger partial charge is 0.337 e. The largest absolute Gasteiger partial charge is 0.465 e. The number of ether oxygens (including phenoxy) is 1. The number of halogens is 1. The molecule has 2 aromatic carbocycles. The molecule has 2 aromatic rings. The minimum Gasteiger partial charge on any atom is -0.465 e. The summed E-state index contributed by atoms with van der Waals surface area (Å²) in [6.45, 7) is 0.136. The fourth-order valence-electron chi connectivity index (χ4n) is 2.58. The molecule has 0 saturated heterocycles. The summed E-state index contributed by atoms with van der Waals surface area (Å²) < 4.78 is 46.0. The Balaban J connectivity index is 2.08. The SMILES string of the molecule is COC(=O)c1ccc(CNC(=O)[C@H](CCSC)NS(=O)(=O)c2ccccc2F)cc1. The Kier molecular flexibility index (Phi) is 8.82. The molecule has 0 aliphatic heterocycles. The topological polar surface area (TPSA) is 102 Å². The maximum absolute atomic E-state index is 13.9. The minimum absolute atomic E-state index is 0.136. The summed E-state index contributed by atoms with van der Waals surface area (Å²) in [5, 5.41) is 2.67. The van der Waals surface area contributed by atoms with Crippen LogP contribution in [0, 0.1) is 5.82 Å². The maximum atomic E-state index is 13.9. The highest BCUT2D eigenvalue weighted by Crippen LogP contribution is 2.15. The highest BCUT2D eigenvalue weighted by Gasteiger charge is 2.27. The van der Waals surface area contributed by atoms with E-state index in [-0.39, 0.29) is 13.0 Å². The van der Waals surface area contributed by atoms with Gasteiger partial charge in [0.05, 0.1) is 12.7 Å². The molecule has 1 amide bonds. The highest BCUT2D eigenvalue weighted by molar-refractivity contribution is 7.98. The van der Waals surface area contributed by atoms with Gasteiger partial charge in [0.2, 0.25) is 15.9 Å². The Morgan fingerprint density at radius 2 is 1.80 bits per heavy atom. The zero-order chi connectivity index (χ0) is 22.1. The quantitative estimate of drug-likeness (QED) is 0.535. The standard InChI is InChI=1S/C20H23FN2O5S2/c1-28-20(25)15-9-7-14(8-10-15)13-22-19(24)17(11-12-29-2)23-30(26,27)18-6-4-3-5-16(18)21/h3-10,17,23H,11-13H2,1-2H3,(H,22,24)/t17-/m0/s1. The summed E-state index contributed by atoms with van der Waals surface area (Å²) >= 11 is 1.46. The number of esters is 1. The number of thioether (sulfide) groups is 1. The average Bonchev–Trinajstić information content (AvgIpc) is 2.74. The first-order valence-electron chi connectivity index (χ1n) is 8.99. The fraction of sp³-hybridized carbons (Fsp3) is 0.300. The van der Waals surface area contributed by atoms with Crippen molar-refractivity contribution in [2.24, 2.45) is 0 Å². The van der Waals surface area contributed by atoms with Crippen LogP contribution in [0.15, 0.2) is 53.4 Å². The highest BCUT2D eigenvalue weighted by atomic mass is 32.2. The third-order valence-electron chi connectivity index (χ3n) is 4.19. The lowest BCUT2D eigenvalue weighted by Crippen LogP contribution is -2.46. The molecule has 0 saturated carbocycles. The molecule has 7 nitrogen and oxygen atoms in total. The number of carbonyl (C=O) groups excluding carboxylic acids is 2. The first-order valence-corrected chi connectivity index (χ1v) is 11.9. The second-order valence-corrected chi connectivity index (χ2v) is 8.96. The Labute approximate surface area is 179 Å². The summed E-state index contributed by atoms with van der Waals surface area (Å²) in [4.78, 5) is 23.6. The van der Waals surface area contributed by atoms with E-state index in [9.17, 15) is 22.4 Å². The molecule has 0 radical (unpaired) electrons. The average molecular weight is 455 g/mol. The first-order chi connectivity index (χ1) is 14.3. The van der Waals surface area contributed by atoms with E-state index in [2.05, 4.69) is 14.8 Å². The minimum atomic E-state index is -4.21. The molecule has 0 aliphatic rings. The second kappa shape index (κ2) is 11.1. The van der Waals surface area contributed by atoms with Gasteiger partial charge < -0.3 is 10.1 Å². The molecule has 2 N–H and O–H groups in total. The van der Waals surface area contributed by atoms with E-state index < -0.39 is 38.7 Å². The maximum Gasteiger partial charge on any atom is 0.337 e. The lowest BCUT2D eigenvalue weighted by Gasteiger charge is -2.18. The summed E-state index contributed by atoms with van der Waals surface area (Å²) in [7, 11) is -2.93. The predicted octanol–water partition coefficient (Wildman–Crippen LogP) is 2.33. The number of amides is 1. The summed E-state index contributed by atoms with van der Waals surface area (Å²) in [6, 6.07) is 10.4. The van der Waals surface area contributed by atoms with Crippen LogP contribution in [0.3, 0.4) is 0 Å². The second-order valence-electron chi connectivity index (χ2n) is 6.29. The third kappa shape index (κ3) is 6.54. The molecule has 0 bridgehead atoms. The van der Waals surface area contributed by atoms with E-state index in [0.29, 0.717) is 11.3 Å². The van der Waals surface area contributed by atoms with E-state index in [1.54, 1.807) is 24.3 Å². The van der Waals surface area contributed by atoms with Crippen LogP contribution >= 0.6 is 11.8 Å². The molecule has 1 atom stereocenters. The first kappa shape index (κ1) is 23.8. The number of methoxy groups -OCH3 is 1. The fourth-order valence-corrected chi connectivity index (χ4v) is 4.36. The van der Waals surface area contributed by atoms with Crippen LogP contribution in [0.5, 0.6) is 0 Å². The van der Waals surface area contributed by atoms with E-state index in [0.717, 1.165) is 17.7 Å². The molecule has 10 heteroatoms. The van der Waals surface area contributed by atoms with Crippen LogP contribution in [0.2, 0.25) is 0 Å². The van der Waals surface area contributed by atoms with Crippen LogP contribution in [-0.2, 0) is 26.1 Å². The molecule has 2 rings (SSSR count). The van der Waals surface area contributed by atoms with Gasteiger partial charge in [-0.15, -0.1) is 0 Å². The van der Waals surface area contributed by atoms with Crippen molar-refractivity contribution in [2.45, 2.75) is 23.9 Å². The number of nitrogens with one attached hydrogen (secondary N) is 2. The molecule has 0 aromatic heterocycles. The van der Waals surface area contributed by atoms with Crippen molar-refractivity contribution in [1.29, 1.82) is 0 Å². The molecule has 0 aliphatic carbocycles. The van der Waals surface area contributed by atoms with E-state index in [4.69, 9.17) is 0 Å². The van der Waals surface area contributed by atoms with Crippen LogP contribution in [0.25, 0.3) is 0 Å². The van der Waals surface area contributed by atoms with Crippen LogP contribution in [0.4, 0.5) is 4.39 Å². The Bertz CT molecular complexity index is 981. The van der Waals surface area contributed by atoms with Gasteiger partial charge in [-0.1, -0.05) is 24.3 Å². The molecule has 30 heavy (non-hydrogen) atoms. The van der Waals surface area contributed by atoms with Crippen molar-refractivity contribution in [3.63, 3.8) is 0 Å². The lowest BCUT2D eigenvalue weighted by atomic mass is 10.1. The van der Waals surface area contributed by atoms with Gasteiger partial charge in [-0.25, -0.2) is 17.6 Å². The Morgan fingerprint density at radius 3 is 2.40 bits per heavy atom. The molecule has 0 heterocycles. The molecule has 0 spiro atoms. The van der Waals surface area contributed by atoms with Crippen molar-refractivity contribution in [3.05, 3.63) is 65.5 Å². The number of hydrogen-bond donors (Lipinski definition) is 2. The molecule has 162 valence electrons. The zero-order valence-corrected chi connectivity index (χ0v) is 18.2. The molecule has 0 unspecified atom stereocenters. The third-order valence-corrected chi connectivity index (χ3v) is 6.34. The number of sulfonamides is 1. The van der Waals surface area contributed by atoms with Crippen LogP contribution in [-0.4, -0.2) is 45.5 Å². The van der Waals surface area contributed by atoms with Crippen molar-refractivity contribution in [2.75, 3.05) is 19.1 Å². The number of carbonyl (C=O) groups is 2. The van der Waals surface area contributed by atoms with Gasteiger partial charge in [0.15, 0.2) is 0 Å². The summed E-state index contributed by atoms with van der Waals surface area (Å²) in [5.74, 6) is -1.35. The summed E-state index contributed by atoms with van der Waals surface area (Å²) in [6.07, 6.45) is 2.07. The summed E-state index contributed by atoms with van der Waals surface area (Å²) in [5.41, 5.74) is 1.10. The van der Waals surface area contributed by atoms with Gasteiger partial charge in [-0.2, -0.15) is 16.5 Å². The lowest BCUT2D eigenvalue weighted by molar-refractivity contribution is -0.122. The number of hydrogen-bond acceptors (Lipinski definition) is 6. The molecular weight excluding hydrogens is 431 g/mol. The zero-order valence-electron chi connectivity index (χ0n) is 16.6.